The fraction of sp³-hybridized carbons (Fsp3) is 0.391. The lowest BCUT2D eigenvalue weighted by molar-refractivity contribution is 0.0990. The molecule has 0 aromatic carbocycles. The smallest absolute Gasteiger partial charge is 0.291 e. The van der Waals surface area contributed by atoms with E-state index < -0.39 is 24.1 Å². The summed E-state index contributed by atoms with van der Waals surface area (Å²) in [6.45, 7) is 6.93. The number of carbonyl (C=O) groups is 1. The van der Waals surface area contributed by atoms with Gasteiger partial charge in [0.25, 0.3) is 22.0 Å². The molecule has 3 aromatic rings. The van der Waals surface area contributed by atoms with E-state index in [0.29, 0.717) is 18.7 Å². The molecule has 0 unspecified atom stereocenters. The second-order valence-corrected chi connectivity index (χ2v) is 15.8. The molecule has 13 nitrogen and oxygen atoms in total. The normalized spacial score (nSPS) is 11.6. The SMILES string of the molecule is COc1nc(NCCCOS(C)(=O)=O)nc(OC)c1NC(=O)c1ccc(Oc2cncc([Si](C)(C)C)c2)o1. The zero-order valence-corrected chi connectivity index (χ0v) is 23.8. The lowest BCUT2D eigenvalue weighted by atomic mass is 10.4. The number of anilines is 2. The molecule has 1 amide bonds. The summed E-state index contributed by atoms with van der Waals surface area (Å²) in [7, 11) is -2.34. The predicted octanol–water partition coefficient (Wildman–Crippen LogP) is 2.85. The molecule has 0 fully saturated rings. The number of amides is 1. The molecule has 0 saturated carbocycles. The topological polar surface area (TPSA) is 164 Å². The summed E-state index contributed by atoms with van der Waals surface area (Å²) in [5.74, 6) is 0.237. The van der Waals surface area contributed by atoms with Crippen molar-refractivity contribution >= 4 is 40.9 Å². The summed E-state index contributed by atoms with van der Waals surface area (Å²) >= 11 is 0. The van der Waals surface area contributed by atoms with Crippen LogP contribution in [0.15, 0.2) is 35.0 Å². The predicted molar refractivity (Wildman–Crippen MR) is 143 cm³/mol. The van der Waals surface area contributed by atoms with Gasteiger partial charge in [-0.3, -0.25) is 14.0 Å². The number of furan rings is 1. The van der Waals surface area contributed by atoms with Crippen molar-refractivity contribution in [2.24, 2.45) is 0 Å². The third-order valence-electron chi connectivity index (χ3n) is 4.97. The largest absolute Gasteiger partial charge is 0.479 e. The van der Waals surface area contributed by atoms with Gasteiger partial charge in [0.2, 0.25) is 17.7 Å². The zero-order valence-electron chi connectivity index (χ0n) is 22.0. The molecule has 0 spiro atoms. The molecule has 3 aromatic heterocycles. The molecule has 3 rings (SSSR count). The fourth-order valence-corrected chi connectivity index (χ4v) is 4.52. The van der Waals surface area contributed by atoms with Crippen LogP contribution in [-0.4, -0.2) is 71.0 Å². The summed E-state index contributed by atoms with van der Waals surface area (Å²) in [5.41, 5.74) is 0.0943. The van der Waals surface area contributed by atoms with E-state index in [4.69, 9.17) is 22.8 Å². The minimum Gasteiger partial charge on any atom is -0.479 e. The van der Waals surface area contributed by atoms with Crippen LogP contribution in [0.2, 0.25) is 19.6 Å². The average molecular weight is 566 g/mol. The van der Waals surface area contributed by atoms with Crippen molar-refractivity contribution in [1.29, 1.82) is 0 Å². The highest BCUT2D eigenvalue weighted by Crippen LogP contribution is 2.33. The molecule has 0 aliphatic carbocycles. The third-order valence-corrected chi connectivity index (χ3v) is 7.57. The van der Waals surface area contributed by atoms with Crippen molar-refractivity contribution < 1.29 is 36.0 Å². The molecule has 2 N–H and O–H groups in total. The van der Waals surface area contributed by atoms with Crippen molar-refractivity contribution in [2.75, 3.05) is 44.3 Å². The highest BCUT2D eigenvalue weighted by Gasteiger charge is 2.22. The number of methoxy groups -OCH3 is 2. The molecule has 0 radical (unpaired) electrons. The molecule has 0 atom stereocenters. The van der Waals surface area contributed by atoms with Crippen LogP contribution in [0.3, 0.4) is 0 Å². The van der Waals surface area contributed by atoms with Gasteiger partial charge in [-0.15, -0.1) is 0 Å². The van der Waals surface area contributed by atoms with E-state index in [0.717, 1.165) is 11.4 Å². The van der Waals surface area contributed by atoms with Crippen molar-refractivity contribution in [3.8, 4) is 23.5 Å². The van der Waals surface area contributed by atoms with Gasteiger partial charge in [-0.05, 0) is 23.7 Å². The maximum atomic E-state index is 12.9. The number of nitrogens with zero attached hydrogens (tertiary/aromatic N) is 3. The van der Waals surface area contributed by atoms with Crippen molar-refractivity contribution in [3.05, 3.63) is 36.4 Å². The van der Waals surface area contributed by atoms with Crippen molar-refractivity contribution in [2.45, 2.75) is 26.1 Å². The first-order valence-corrected chi connectivity index (χ1v) is 16.8. The molecule has 0 bridgehead atoms. The number of pyridine rings is 1. The number of carbonyl (C=O) groups excluding carboxylic acids is 1. The second-order valence-electron chi connectivity index (χ2n) is 9.08. The molecule has 3 heterocycles. The Kier molecular flexibility index (Phi) is 9.29. The first kappa shape index (κ1) is 28.9. The minimum absolute atomic E-state index is 0.00333. The van der Waals surface area contributed by atoms with Gasteiger partial charge in [0.15, 0.2) is 11.4 Å². The fourth-order valence-electron chi connectivity index (χ4n) is 3.06. The lowest BCUT2D eigenvalue weighted by Crippen LogP contribution is -2.37. The molecular formula is C23H31N5O8SSi. The molecule has 206 valence electrons. The van der Waals surface area contributed by atoms with Crippen LogP contribution >= 0.6 is 0 Å². The van der Waals surface area contributed by atoms with Crippen LogP contribution in [0, 0.1) is 0 Å². The van der Waals surface area contributed by atoms with Crippen LogP contribution in [0.1, 0.15) is 17.0 Å². The number of hydrogen-bond donors (Lipinski definition) is 2. The number of aromatic nitrogens is 3. The standard InChI is InChI=1S/C23H31N5O8SSi/c1-32-21-19(22(33-2)28-23(27-21)25-10-7-11-34-37(3,30)31)26-20(29)17-8-9-18(36-17)35-15-12-16(14-24-13-15)38(4,5)6/h8-9,12-14H,7,10-11H2,1-6H3,(H,26,29)(H,25,27,28). The van der Waals surface area contributed by atoms with Gasteiger partial charge >= 0.3 is 0 Å². The van der Waals surface area contributed by atoms with Crippen LogP contribution in [0.25, 0.3) is 0 Å². The minimum atomic E-state index is -3.51. The van der Waals surface area contributed by atoms with Gasteiger partial charge in [0.05, 0.1) is 41.4 Å². The molecule has 0 aliphatic rings. The monoisotopic (exact) mass is 565 g/mol. The van der Waals surface area contributed by atoms with E-state index in [1.807, 2.05) is 12.3 Å². The number of nitrogens with one attached hydrogen (secondary N) is 2. The Morgan fingerprint density at radius 3 is 2.37 bits per heavy atom. The summed E-state index contributed by atoms with van der Waals surface area (Å²) in [6, 6.07) is 4.92. The Labute approximate surface area is 222 Å². The highest BCUT2D eigenvalue weighted by molar-refractivity contribution is 7.85. The van der Waals surface area contributed by atoms with E-state index >= 15 is 0 Å². The van der Waals surface area contributed by atoms with E-state index in [-0.39, 0.29) is 41.7 Å². The first-order chi connectivity index (χ1) is 17.9. The average Bonchev–Trinajstić information content (AvgIpc) is 3.31. The second kappa shape index (κ2) is 12.2. The summed E-state index contributed by atoms with van der Waals surface area (Å²) in [4.78, 5) is 25.6. The van der Waals surface area contributed by atoms with Crippen LogP contribution in [0.4, 0.5) is 11.6 Å². The van der Waals surface area contributed by atoms with Gasteiger partial charge < -0.3 is 29.3 Å². The van der Waals surface area contributed by atoms with E-state index in [1.54, 1.807) is 6.20 Å². The summed E-state index contributed by atoms with van der Waals surface area (Å²) < 4.78 is 48.7. The van der Waals surface area contributed by atoms with Gasteiger partial charge in [0, 0.05) is 18.8 Å². The number of hydrogen-bond acceptors (Lipinski definition) is 12. The maximum Gasteiger partial charge on any atom is 0.291 e. The Bertz CT molecular complexity index is 1350. The Morgan fingerprint density at radius 1 is 1.08 bits per heavy atom. The third kappa shape index (κ3) is 8.16. The van der Waals surface area contributed by atoms with Gasteiger partial charge in [0.1, 0.15) is 5.75 Å². The number of ether oxygens (including phenoxy) is 3. The van der Waals surface area contributed by atoms with E-state index in [1.165, 1.54) is 26.4 Å². The quantitative estimate of drug-likeness (QED) is 0.177. The molecule has 15 heteroatoms. The summed E-state index contributed by atoms with van der Waals surface area (Å²) in [6.07, 6.45) is 4.76. The lowest BCUT2D eigenvalue weighted by Gasteiger charge is -2.16. The molecular weight excluding hydrogens is 534 g/mol. The molecule has 0 aliphatic heterocycles. The first-order valence-electron chi connectivity index (χ1n) is 11.5. The Morgan fingerprint density at radius 2 is 1.76 bits per heavy atom. The number of rotatable bonds is 13. The van der Waals surface area contributed by atoms with Gasteiger partial charge in [-0.25, -0.2) is 0 Å². The van der Waals surface area contributed by atoms with Crippen molar-refractivity contribution in [3.63, 3.8) is 0 Å². The van der Waals surface area contributed by atoms with Gasteiger partial charge in [-0.1, -0.05) is 19.6 Å². The molecule has 38 heavy (non-hydrogen) atoms. The van der Waals surface area contributed by atoms with E-state index in [2.05, 4.69) is 45.2 Å². The van der Waals surface area contributed by atoms with Crippen molar-refractivity contribution in [1.82, 2.24) is 15.0 Å². The van der Waals surface area contributed by atoms with Crippen LogP contribution in [0.5, 0.6) is 23.5 Å². The van der Waals surface area contributed by atoms with E-state index in [9.17, 15) is 13.2 Å². The van der Waals surface area contributed by atoms with Gasteiger partial charge in [-0.2, -0.15) is 18.4 Å². The molecule has 0 saturated heterocycles. The zero-order chi connectivity index (χ0) is 27.9. The Balaban J connectivity index is 1.68. The van der Waals surface area contributed by atoms with Crippen LogP contribution < -0.4 is 30.0 Å². The van der Waals surface area contributed by atoms with Crippen LogP contribution in [-0.2, 0) is 14.3 Å². The maximum absolute atomic E-state index is 12.9. The summed E-state index contributed by atoms with van der Waals surface area (Å²) in [5, 5.41) is 6.69. The Hall–Kier alpha value is -3.69. The highest BCUT2D eigenvalue weighted by atomic mass is 32.2.